The molecule has 5 rings (SSSR count). The van der Waals surface area contributed by atoms with Crippen molar-refractivity contribution in [2.45, 2.75) is 63.7 Å². The maximum atomic E-state index is 13.0. The Hall–Kier alpha value is -1.31. The van der Waals surface area contributed by atoms with Gasteiger partial charge in [0.15, 0.2) is 0 Å². The van der Waals surface area contributed by atoms with E-state index in [2.05, 4.69) is 42.6 Å². The van der Waals surface area contributed by atoms with Crippen LogP contribution in [0.2, 0.25) is 0 Å². The normalized spacial score (nSPS) is 37.8. The fourth-order valence-corrected chi connectivity index (χ4v) is 6.22. The quantitative estimate of drug-likeness (QED) is 0.800. The Balaban J connectivity index is 1.62. The zero-order valence-corrected chi connectivity index (χ0v) is 14.3. The third-order valence-electron chi connectivity index (χ3n) is 6.74. The fraction of sp³-hybridized carbons (Fsp3) is 0.667. The van der Waals surface area contributed by atoms with Crippen molar-refractivity contribution in [1.29, 1.82) is 0 Å². The average molecular weight is 311 g/mol. The van der Waals surface area contributed by atoms with E-state index in [9.17, 15) is 4.79 Å². The van der Waals surface area contributed by atoms with E-state index in [1.165, 1.54) is 24.8 Å². The smallest absolute Gasteiger partial charge is 0.226 e. The molecule has 4 fully saturated rings. The first kappa shape index (κ1) is 15.2. The molecular weight excluding hydrogens is 282 g/mol. The summed E-state index contributed by atoms with van der Waals surface area (Å²) in [5, 5.41) is 3.27. The van der Waals surface area contributed by atoms with E-state index in [4.69, 9.17) is 0 Å². The molecule has 4 saturated carbocycles. The molecule has 0 spiro atoms. The number of carbonyl (C=O) groups is 1. The van der Waals surface area contributed by atoms with Crippen molar-refractivity contribution in [3.8, 4) is 0 Å². The summed E-state index contributed by atoms with van der Waals surface area (Å²) in [6.07, 6.45) is 9.56. The molecule has 1 aromatic rings. The van der Waals surface area contributed by atoms with Gasteiger partial charge in [-0.15, -0.1) is 0 Å². The van der Waals surface area contributed by atoms with Crippen LogP contribution in [-0.2, 0) is 10.2 Å². The van der Waals surface area contributed by atoms with E-state index in [0.29, 0.717) is 5.91 Å². The lowest BCUT2D eigenvalue weighted by atomic mass is 9.42. The van der Waals surface area contributed by atoms with Gasteiger partial charge in [0.2, 0.25) is 5.91 Å². The number of unbranched alkanes of at least 4 members (excludes halogenated alkanes) is 1. The SMILES string of the molecule is CCCCNC(=O)C12CC3CC(C1)CC(c1ccccc1)(C3)C2. The van der Waals surface area contributed by atoms with Crippen molar-refractivity contribution in [3.05, 3.63) is 35.9 Å². The van der Waals surface area contributed by atoms with Gasteiger partial charge in [-0.2, -0.15) is 0 Å². The molecule has 0 aliphatic heterocycles. The molecule has 2 unspecified atom stereocenters. The molecule has 2 heteroatoms. The fourth-order valence-electron chi connectivity index (χ4n) is 6.22. The van der Waals surface area contributed by atoms with Gasteiger partial charge >= 0.3 is 0 Å². The van der Waals surface area contributed by atoms with Crippen LogP contribution in [0.25, 0.3) is 0 Å². The van der Waals surface area contributed by atoms with Crippen LogP contribution in [-0.4, -0.2) is 12.5 Å². The monoisotopic (exact) mass is 311 g/mol. The van der Waals surface area contributed by atoms with Gasteiger partial charge in [-0.25, -0.2) is 0 Å². The average Bonchev–Trinajstić information content (AvgIpc) is 2.54. The molecule has 2 atom stereocenters. The van der Waals surface area contributed by atoms with Crippen molar-refractivity contribution in [2.24, 2.45) is 17.3 Å². The van der Waals surface area contributed by atoms with Crippen LogP contribution in [0, 0.1) is 17.3 Å². The zero-order valence-electron chi connectivity index (χ0n) is 14.3. The molecule has 2 nitrogen and oxygen atoms in total. The molecule has 1 amide bonds. The molecule has 1 aromatic carbocycles. The second-order valence-electron chi connectivity index (χ2n) is 8.50. The van der Waals surface area contributed by atoms with Crippen molar-refractivity contribution >= 4 is 5.91 Å². The first-order valence-electron chi connectivity index (χ1n) is 9.50. The number of benzene rings is 1. The van der Waals surface area contributed by atoms with Gasteiger partial charge in [0.1, 0.15) is 0 Å². The van der Waals surface area contributed by atoms with Crippen LogP contribution in [0.1, 0.15) is 63.9 Å². The van der Waals surface area contributed by atoms with Crippen LogP contribution < -0.4 is 5.32 Å². The third-order valence-corrected chi connectivity index (χ3v) is 6.74. The number of hydrogen-bond acceptors (Lipinski definition) is 1. The Bertz CT molecular complexity index is 565. The van der Waals surface area contributed by atoms with E-state index in [1.807, 2.05) is 0 Å². The Morgan fingerprint density at radius 2 is 1.83 bits per heavy atom. The van der Waals surface area contributed by atoms with Crippen LogP contribution in [0.4, 0.5) is 0 Å². The van der Waals surface area contributed by atoms with Crippen LogP contribution in [0.5, 0.6) is 0 Å². The lowest BCUT2D eigenvalue weighted by molar-refractivity contribution is -0.149. The highest BCUT2D eigenvalue weighted by molar-refractivity contribution is 5.83. The summed E-state index contributed by atoms with van der Waals surface area (Å²) in [5.41, 5.74) is 1.68. The standard InChI is InChI=1S/C21H29NO/c1-2-3-9-22-19(23)21-13-16-10-17(14-21)12-20(11-16,15-21)18-7-5-4-6-8-18/h4-8,16-17H,2-3,9-15H2,1H3,(H,22,23). The Morgan fingerprint density at radius 1 is 1.13 bits per heavy atom. The molecule has 0 heterocycles. The summed E-state index contributed by atoms with van der Waals surface area (Å²) in [7, 11) is 0. The minimum absolute atomic E-state index is 0.0757. The van der Waals surface area contributed by atoms with Crippen LogP contribution >= 0.6 is 0 Å². The summed E-state index contributed by atoms with van der Waals surface area (Å²) in [4.78, 5) is 13.0. The van der Waals surface area contributed by atoms with Crippen molar-refractivity contribution in [2.75, 3.05) is 6.54 Å². The van der Waals surface area contributed by atoms with Crippen molar-refractivity contribution in [3.63, 3.8) is 0 Å². The molecule has 1 N–H and O–H groups in total. The largest absolute Gasteiger partial charge is 0.356 e. The second kappa shape index (κ2) is 5.65. The lowest BCUT2D eigenvalue weighted by Crippen LogP contribution is -2.59. The molecule has 4 aliphatic rings. The summed E-state index contributed by atoms with van der Waals surface area (Å²) in [6.45, 7) is 3.03. The molecule has 23 heavy (non-hydrogen) atoms. The van der Waals surface area contributed by atoms with E-state index >= 15 is 0 Å². The highest BCUT2D eigenvalue weighted by Crippen LogP contribution is 2.65. The maximum Gasteiger partial charge on any atom is 0.226 e. The minimum Gasteiger partial charge on any atom is -0.356 e. The van der Waals surface area contributed by atoms with Gasteiger partial charge in [0.25, 0.3) is 0 Å². The predicted molar refractivity (Wildman–Crippen MR) is 93.2 cm³/mol. The third kappa shape index (κ3) is 2.51. The summed E-state index contributed by atoms with van der Waals surface area (Å²) in [5.74, 6) is 1.88. The molecule has 0 saturated heterocycles. The van der Waals surface area contributed by atoms with Crippen molar-refractivity contribution < 1.29 is 4.79 Å². The van der Waals surface area contributed by atoms with E-state index in [1.54, 1.807) is 0 Å². The Kier molecular flexibility index (Phi) is 3.74. The number of amides is 1. The highest BCUT2D eigenvalue weighted by Gasteiger charge is 2.60. The predicted octanol–water partition coefficient (Wildman–Crippen LogP) is 4.44. The number of nitrogens with one attached hydrogen (secondary N) is 1. The Labute approximate surface area is 140 Å². The van der Waals surface area contributed by atoms with Gasteiger partial charge in [-0.3, -0.25) is 4.79 Å². The summed E-state index contributed by atoms with van der Waals surface area (Å²) in [6, 6.07) is 11.0. The molecule has 0 aromatic heterocycles. The number of carbonyl (C=O) groups excluding carboxylic acids is 1. The maximum absolute atomic E-state index is 13.0. The first-order chi connectivity index (χ1) is 11.2. The molecule has 4 aliphatic carbocycles. The van der Waals surface area contributed by atoms with Gasteiger partial charge in [0.05, 0.1) is 5.41 Å². The number of rotatable bonds is 5. The van der Waals surface area contributed by atoms with Gasteiger partial charge in [-0.1, -0.05) is 43.7 Å². The van der Waals surface area contributed by atoms with E-state index in [-0.39, 0.29) is 10.8 Å². The second-order valence-corrected chi connectivity index (χ2v) is 8.50. The molecule has 4 bridgehead atoms. The van der Waals surface area contributed by atoms with Crippen LogP contribution in [0.3, 0.4) is 0 Å². The topological polar surface area (TPSA) is 29.1 Å². The van der Waals surface area contributed by atoms with Crippen molar-refractivity contribution in [1.82, 2.24) is 5.32 Å². The van der Waals surface area contributed by atoms with Gasteiger partial charge < -0.3 is 5.32 Å². The summed E-state index contributed by atoms with van der Waals surface area (Å²) < 4.78 is 0. The van der Waals surface area contributed by atoms with E-state index < -0.39 is 0 Å². The first-order valence-corrected chi connectivity index (χ1v) is 9.50. The molecule has 124 valence electrons. The van der Waals surface area contributed by atoms with Gasteiger partial charge in [-0.05, 0) is 67.8 Å². The van der Waals surface area contributed by atoms with Gasteiger partial charge in [0, 0.05) is 6.54 Å². The lowest BCUT2D eigenvalue weighted by Gasteiger charge is -2.61. The van der Waals surface area contributed by atoms with E-state index in [0.717, 1.165) is 50.5 Å². The minimum atomic E-state index is -0.0757. The summed E-state index contributed by atoms with van der Waals surface area (Å²) >= 11 is 0. The van der Waals surface area contributed by atoms with Crippen LogP contribution in [0.15, 0.2) is 30.3 Å². The highest BCUT2D eigenvalue weighted by atomic mass is 16.2. The number of hydrogen-bond donors (Lipinski definition) is 1. The molecule has 0 radical (unpaired) electrons. The Morgan fingerprint density at radius 3 is 2.48 bits per heavy atom. The molecular formula is C21H29NO. The zero-order chi connectivity index (χ0) is 15.9.